The van der Waals surface area contributed by atoms with Gasteiger partial charge in [-0.05, 0) is 119 Å². The Morgan fingerprint density at radius 3 is 1.85 bits per heavy atom. The lowest BCUT2D eigenvalue weighted by Gasteiger charge is -2.61. The van der Waals surface area contributed by atoms with E-state index in [0.717, 1.165) is 49.9 Å². The molecule has 1 N–H and O–H groups in total. The third kappa shape index (κ3) is 2.32. The van der Waals surface area contributed by atoms with Crippen molar-refractivity contribution in [3.05, 3.63) is 0 Å². The monoisotopic (exact) mass is 375 g/mol. The van der Waals surface area contributed by atoms with E-state index >= 15 is 0 Å². The maximum Gasteiger partial charge on any atom is 0.226 e. The van der Waals surface area contributed by atoms with E-state index in [1.54, 1.807) is 0 Å². The van der Waals surface area contributed by atoms with Crippen molar-refractivity contribution in [1.82, 2.24) is 5.32 Å². The van der Waals surface area contributed by atoms with Gasteiger partial charge in [0, 0.05) is 10.9 Å². The van der Waals surface area contributed by atoms with Crippen LogP contribution in [-0.2, 0) is 4.79 Å². The lowest BCUT2D eigenvalue weighted by atomic mass is 9.47. The van der Waals surface area contributed by atoms with E-state index in [-0.39, 0.29) is 10.3 Å². The van der Waals surface area contributed by atoms with E-state index in [4.69, 9.17) is 11.6 Å². The molecule has 0 radical (unpaired) electrons. The Hall–Kier alpha value is -0.240. The summed E-state index contributed by atoms with van der Waals surface area (Å²) in [7, 11) is 0. The van der Waals surface area contributed by atoms with Crippen LogP contribution in [0.3, 0.4) is 0 Å². The van der Waals surface area contributed by atoms with Crippen molar-refractivity contribution in [1.29, 1.82) is 0 Å². The zero-order chi connectivity index (χ0) is 17.7. The molecule has 8 aliphatic rings. The standard InChI is InChI=1S/C23H34ClNO/c1-14(21-6-15-2-16(7-21)4-17(3-15)8-21)25-20(26)22-9-18-5-19(10-22)12-23(24,11-18)13-22/h14-19H,2-13H2,1H3,(H,25,26)/t14-,15?,16?,17?,18+,19+,21?,22?,23?/m1/s1. The van der Waals surface area contributed by atoms with Crippen molar-refractivity contribution in [2.75, 3.05) is 0 Å². The molecule has 3 heteroatoms. The van der Waals surface area contributed by atoms with Crippen molar-refractivity contribution in [2.24, 2.45) is 40.4 Å². The van der Waals surface area contributed by atoms with E-state index in [0.29, 0.717) is 29.2 Å². The summed E-state index contributed by atoms with van der Waals surface area (Å²) >= 11 is 6.98. The van der Waals surface area contributed by atoms with Crippen LogP contribution in [0.15, 0.2) is 0 Å². The fourth-order valence-electron chi connectivity index (χ4n) is 9.63. The van der Waals surface area contributed by atoms with Crippen molar-refractivity contribution >= 4 is 17.5 Å². The van der Waals surface area contributed by atoms with Crippen LogP contribution < -0.4 is 5.32 Å². The molecular formula is C23H34ClNO. The second-order valence-corrected chi connectivity index (χ2v) is 12.7. The third-order valence-corrected chi connectivity index (χ3v) is 10.3. The zero-order valence-corrected chi connectivity index (χ0v) is 17.0. The summed E-state index contributed by atoms with van der Waals surface area (Å²) in [6.07, 6.45) is 15.3. The van der Waals surface area contributed by atoms with Gasteiger partial charge in [-0.2, -0.15) is 0 Å². The molecule has 8 rings (SSSR count). The first-order chi connectivity index (χ1) is 12.4. The van der Waals surface area contributed by atoms with Gasteiger partial charge in [0.1, 0.15) is 0 Å². The van der Waals surface area contributed by atoms with Gasteiger partial charge in [-0.25, -0.2) is 0 Å². The Morgan fingerprint density at radius 1 is 0.846 bits per heavy atom. The average molecular weight is 376 g/mol. The molecule has 2 nitrogen and oxygen atoms in total. The van der Waals surface area contributed by atoms with Gasteiger partial charge in [-0.3, -0.25) is 4.79 Å². The van der Waals surface area contributed by atoms with Crippen molar-refractivity contribution in [3.8, 4) is 0 Å². The molecule has 8 fully saturated rings. The van der Waals surface area contributed by atoms with Gasteiger partial charge >= 0.3 is 0 Å². The van der Waals surface area contributed by atoms with Gasteiger partial charge in [0.25, 0.3) is 0 Å². The van der Waals surface area contributed by atoms with E-state index in [2.05, 4.69) is 12.2 Å². The topological polar surface area (TPSA) is 29.1 Å². The highest BCUT2D eigenvalue weighted by molar-refractivity contribution is 6.24. The zero-order valence-electron chi connectivity index (χ0n) is 16.2. The number of carbonyl (C=O) groups excluding carboxylic acids is 1. The molecule has 1 amide bonds. The summed E-state index contributed by atoms with van der Waals surface area (Å²) in [5.41, 5.74) is 0.272. The summed E-state index contributed by atoms with van der Waals surface area (Å²) in [4.78, 5) is 13.5. The van der Waals surface area contributed by atoms with Crippen LogP contribution in [0.1, 0.15) is 84.0 Å². The number of alkyl halides is 1. The minimum absolute atomic E-state index is 0.0641. The molecule has 0 heterocycles. The lowest BCUT2D eigenvalue weighted by Crippen LogP contribution is -2.62. The first-order valence-electron chi connectivity index (χ1n) is 11.4. The predicted molar refractivity (Wildman–Crippen MR) is 104 cm³/mol. The molecule has 144 valence electrons. The summed E-state index contributed by atoms with van der Waals surface area (Å²) in [6.45, 7) is 2.34. The Bertz CT molecular complexity index is 593. The second-order valence-electron chi connectivity index (χ2n) is 11.9. The van der Waals surface area contributed by atoms with Crippen LogP contribution in [0.4, 0.5) is 0 Å². The maximum atomic E-state index is 13.6. The Morgan fingerprint density at radius 2 is 1.35 bits per heavy atom. The molecule has 3 atom stereocenters. The minimum atomic E-state index is -0.137. The molecule has 0 aromatic heterocycles. The van der Waals surface area contributed by atoms with E-state index in [1.165, 1.54) is 44.9 Å². The number of nitrogens with one attached hydrogen (secondary N) is 1. The van der Waals surface area contributed by atoms with Gasteiger partial charge in [0.2, 0.25) is 5.91 Å². The average Bonchev–Trinajstić information content (AvgIpc) is 2.51. The Labute approximate surface area is 163 Å². The molecule has 26 heavy (non-hydrogen) atoms. The molecule has 8 aliphatic carbocycles. The predicted octanol–water partition coefficient (Wildman–Crippen LogP) is 5.29. The fourth-order valence-corrected chi connectivity index (χ4v) is 10.3. The molecule has 8 saturated carbocycles. The highest BCUT2D eigenvalue weighted by atomic mass is 35.5. The van der Waals surface area contributed by atoms with Crippen LogP contribution in [0.2, 0.25) is 0 Å². The van der Waals surface area contributed by atoms with E-state index in [9.17, 15) is 4.79 Å². The van der Waals surface area contributed by atoms with Crippen molar-refractivity contribution in [3.63, 3.8) is 0 Å². The third-order valence-electron chi connectivity index (χ3n) is 9.82. The van der Waals surface area contributed by atoms with Crippen molar-refractivity contribution < 1.29 is 4.79 Å². The van der Waals surface area contributed by atoms with Gasteiger partial charge in [0.15, 0.2) is 0 Å². The Kier molecular flexibility index (Phi) is 3.35. The number of halogens is 1. The summed E-state index contributed by atoms with van der Waals surface area (Å²) in [5.74, 6) is 4.63. The number of hydrogen-bond acceptors (Lipinski definition) is 1. The van der Waals surface area contributed by atoms with Crippen LogP contribution in [0.25, 0.3) is 0 Å². The molecular weight excluding hydrogens is 342 g/mol. The van der Waals surface area contributed by atoms with Gasteiger partial charge in [-0.1, -0.05) is 0 Å². The lowest BCUT2D eigenvalue weighted by molar-refractivity contribution is -0.148. The first-order valence-corrected chi connectivity index (χ1v) is 11.7. The fraction of sp³-hybridized carbons (Fsp3) is 0.957. The number of amides is 1. The highest BCUT2D eigenvalue weighted by Crippen LogP contribution is 2.65. The molecule has 0 unspecified atom stereocenters. The SMILES string of the molecule is C[C@@H](NC(=O)C12C[C@@H]3C[C@H](CC(Cl)(C3)C1)C2)C12CC3CC(CC(C3)C1)C2. The highest BCUT2D eigenvalue weighted by Gasteiger charge is 2.61. The summed E-state index contributed by atoms with van der Waals surface area (Å²) < 4.78 is 0. The quantitative estimate of drug-likeness (QED) is 0.667. The largest absolute Gasteiger partial charge is 0.353 e. The number of carbonyl (C=O) groups is 1. The maximum absolute atomic E-state index is 13.6. The van der Waals surface area contributed by atoms with Crippen LogP contribution >= 0.6 is 11.6 Å². The van der Waals surface area contributed by atoms with E-state index < -0.39 is 0 Å². The Balaban J connectivity index is 1.22. The molecule has 0 aromatic rings. The van der Waals surface area contributed by atoms with Gasteiger partial charge in [-0.15, -0.1) is 11.6 Å². The summed E-state index contributed by atoms with van der Waals surface area (Å²) in [5, 5.41) is 3.61. The number of hydrogen-bond donors (Lipinski definition) is 1. The van der Waals surface area contributed by atoms with Crippen molar-refractivity contribution in [2.45, 2.75) is 94.9 Å². The molecule has 0 aliphatic heterocycles. The van der Waals surface area contributed by atoms with Crippen LogP contribution in [-0.4, -0.2) is 16.8 Å². The van der Waals surface area contributed by atoms with Gasteiger partial charge in [0.05, 0.1) is 5.41 Å². The second kappa shape index (κ2) is 5.22. The molecule has 0 spiro atoms. The summed E-state index contributed by atoms with van der Waals surface area (Å²) in [6, 6.07) is 0.350. The van der Waals surface area contributed by atoms with Crippen LogP contribution in [0.5, 0.6) is 0 Å². The van der Waals surface area contributed by atoms with Crippen LogP contribution in [0, 0.1) is 40.4 Å². The minimum Gasteiger partial charge on any atom is -0.353 e. The first kappa shape index (κ1) is 16.7. The van der Waals surface area contributed by atoms with E-state index in [1.807, 2.05) is 0 Å². The smallest absolute Gasteiger partial charge is 0.226 e. The van der Waals surface area contributed by atoms with Gasteiger partial charge < -0.3 is 5.32 Å². The normalized spacial score (nSPS) is 57.4. The molecule has 0 saturated heterocycles. The molecule has 8 bridgehead atoms. The number of rotatable bonds is 3. The molecule has 0 aromatic carbocycles.